The van der Waals surface area contributed by atoms with Gasteiger partial charge in [0.2, 0.25) is 5.13 Å². The van der Waals surface area contributed by atoms with Crippen LogP contribution in [0.2, 0.25) is 0 Å². The molecule has 1 heterocycles. The fourth-order valence-electron chi connectivity index (χ4n) is 1.93. The van der Waals surface area contributed by atoms with E-state index in [1.54, 1.807) is 0 Å². The Morgan fingerprint density at radius 1 is 1.29 bits per heavy atom. The van der Waals surface area contributed by atoms with Gasteiger partial charge in [-0.15, -0.1) is 10.2 Å². The van der Waals surface area contributed by atoms with Crippen LogP contribution in [0.1, 0.15) is 13.3 Å². The van der Waals surface area contributed by atoms with Gasteiger partial charge in [0.25, 0.3) is 0 Å². The van der Waals surface area contributed by atoms with Crippen molar-refractivity contribution >= 4 is 38.4 Å². The minimum Gasteiger partial charge on any atom is -0.372 e. The Morgan fingerprint density at radius 2 is 2.04 bits per heavy atom. The maximum absolute atomic E-state index is 10.5. The molecule has 11 heteroatoms. The summed E-state index contributed by atoms with van der Waals surface area (Å²) in [5.41, 5.74) is 1.67. The molecule has 2 aromatic rings. The molecule has 0 saturated heterocycles. The lowest BCUT2D eigenvalue weighted by molar-refractivity contribution is 0.266. The van der Waals surface area contributed by atoms with Crippen LogP contribution in [-0.2, 0) is 14.6 Å². The van der Waals surface area contributed by atoms with E-state index >= 15 is 0 Å². The Kier molecular flexibility index (Phi) is 6.73. The summed E-state index contributed by atoms with van der Waals surface area (Å²) in [6.07, 6.45) is 1.89. The summed E-state index contributed by atoms with van der Waals surface area (Å²) >= 11 is 1.16. The van der Waals surface area contributed by atoms with E-state index < -0.39 is 10.4 Å². The van der Waals surface area contributed by atoms with Gasteiger partial charge in [-0.3, -0.25) is 4.55 Å². The number of hydrogen-bond acceptors (Lipinski definition) is 9. The number of aromatic nitrogens is 2. The second-order valence-corrected chi connectivity index (χ2v) is 6.47. The molecule has 1 aromatic carbocycles. The highest BCUT2D eigenvalue weighted by molar-refractivity contribution is 7.80. The first-order valence-electron chi connectivity index (χ1n) is 7.13. The average molecular weight is 371 g/mol. The third-order valence-electron chi connectivity index (χ3n) is 3.00. The molecule has 0 atom stereocenters. The summed E-state index contributed by atoms with van der Waals surface area (Å²) in [5.74, 6) is 0. The summed E-state index contributed by atoms with van der Waals surface area (Å²) in [6.45, 7) is 3.27. The van der Waals surface area contributed by atoms with Crippen molar-refractivity contribution in [2.75, 3.05) is 24.6 Å². The topological polar surface area (TPSA) is 117 Å². The van der Waals surface area contributed by atoms with Crippen LogP contribution in [0.25, 0.3) is 0 Å². The number of azo groups is 1. The van der Waals surface area contributed by atoms with Gasteiger partial charge in [0.05, 0.1) is 12.3 Å². The zero-order valence-corrected chi connectivity index (χ0v) is 14.6. The molecule has 0 bridgehead atoms. The smallest absolute Gasteiger partial charge is 0.372 e. The Hall–Kier alpha value is -1.95. The molecule has 1 aromatic heterocycles. The van der Waals surface area contributed by atoms with Crippen molar-refractivity contribution in [3.8, 4) is 0 Å². The zero-order chi connectivity index (χ0) is 17.4. The van der Waals surface area contributed by atoms with Crippen molar-refractivity contribution in [1.82, 2.24) is 9.36 Å². The van der Waals surface area contributed by atoms with Crippen LogP contribution in [0.5, 0.6) is 0 Å². The van der Waals surface area contributed by atoms with Gasteiger partial charge in [0.15, 0.2) is 0 Å². The molecule has 130 valence electrons. The highest BCUT2D eigenvalue weighted by atomic mass is 32.3. The van der Waals surface area contributed by atoms with Crippen molar-refractivity contribution in [2.45, 2.75) is 13.3 Å². The molecule has 0 aliphatic rings. The summed E-state index contributed by atoms with van der Waals surface area (Å²) in [6, 6.07) is 7.47. The number of nitrogens with zero attached hydrogens (tertiary/aromatic N) is 5. The van der Waals surface area contributed by atoms with Crippen molar-refractivity contribution in [2.24, 2.45) is 10.2 Å². The Morgan fingerprint density at radius 3 is 2.62 bits per heavy atom. The molecule has 0 spiro atoms. The number of anilines is 1. The van der Waals surface area contributed by atoms with E-state index in [0.717, 1.165) is 23.8 Å². The third kappa shape index (κ3) is 6.28. The normalized spacial score (nSPS) is 11.9. The number of rotatable bonds is 9. The predicted molar refractivity (Wildman–Crippen MR) is 90.5 cm³/mol. The molecule has 24 heavy (non-hydrogen) atoms. The van der Waals surface area contributed by atoms with E-state index in [4.69, 9.17) is 4.55 Å². The van der Waals surface area contributed by atoms with Gasteiger partial charge in [0, 0.05) is 30.3 Å². The summed E-state index contributed by atoms with van der Waals surface area (Å²) in [4.78, 5) is 5.97. The summed E-state index contributed by atoms with van der Waals surface area (Å²) in [5, 5.41) is 8.55. The van der Waals surface area contributed by atoms with Crippen LogP contribution in [0.15, 0.2) is 40.8 Å². The largest absolute Gasteiger partial charge is 0.397 e. The lowest BCUT2D eigenvalue weighted by Gasteiger charge is -2.22. The maximum Gasteiger partial charge on any atom is 0.397 e. The summed E-state index contributed by atoms with van der Waals surface area (Å²) < 4.78 is 37.7. The molecule has 0 fully saturated rings. The van der Waals surface area contributed by atoms with Gasteiger partial charge in [0.1, 0.15) is 6.33 Å². The second kappa shape index (κ2) is 8.78. The first kappa shape index (κ1) is 18.4. The number of hydrogen-bond donors (Lipinski definition) is 1. The van der Waals surface area contributed by atoms with E-state index in [1.165, 1.54) is 6.33 Å². The summed E-state index contributed by atoms with van der Waals surface area (Å²) in [7, 11) is -4.37. The fourth-order valence-corrected chi connectivity index (χ4v) is 2.62. The standard InChI is InChI=1S/C13H17N5O4S2/c1-2-18(8-3-9-22-24(19,20)21)12-6-4-11(5-7-12)16-17-13-14-10-15-23-13/h4-7,10H,2-3,8-9H2,1H3,(H,19,20,21)/b17-16+. The highest BCUT2D eigenvalue weighted by Gasteiger charge is 2.07. The molecule has 0 unspecified atom stereocenters. The number of benzene rings is 1. The zero-order valence-electron chi connectivity index (χ0n) is 12.9. The molecule has 2 rings (SSSR count). The molecular weight excluding hydrogens is 354 g/mol. The van der Waals surface area contributed by atoms with Gasteiger partial charge < -0.3 is 4.90 Å². The SMILES string of the molecule is CCN(CCCOS(=O)(=O)O)c1ccc(/N=N/c2ncns2)cc1. The van der Waals surface area contributed by atoms with E-state index in [0.29, 0.717) is 23.8 Å². The molecular formula is C13H17N5O4S2. The quantitative estimate of drug-likeness (QED) is 0.409. The van der Waals surface area contributed by atoms with Gasteiger partial charge in [-0.1, -0.05) is 0 Å². The van der Waals surface area contributed by atoms with E-state index in [1.807, 2.05) is 31.2 Å². The van der Waals surface area contributed by atoms with Crippen LogP contribution in [0.3, 0.4) is 0 Å². The fraction of sp³-hybridized carbons (Fsp3) is 0.385. The van der Waals surface area contributed by atoms with E-state index in [-0.39, 0.29) is 6.61 Å². The molecule has 9 nitrogen and oxygen atoms in total. The Bertz CT molecular complexity index is 747. The third-order valence-corrected chi connectivity index (χ3v) is 4.02. The molecule has 0 aliphatic heterocycles. The van der Waals surface area contributed by atoms with Crippen LogP contribution in [-0.4, -0.2) is 42.0 Å². The maximum atomic E-state index is 10.5. The van der Waals surface area contributed by atoms with Crippen molar-refractivity contribution in [3.63, 3.8) is 0 Å². The van der Waals surface area contributed by atoms with Crippen molar-refractivity contribution in [1.29, 1.82) is 0 Å². The first-order chi connectivity index (χ1) is 11.5. The van der Waals surface area contributed by atoms with E-state index in [9.17, 15) is 8.42 Å². The lowest BCUT2D eigenvalue weighted by Crippen LogP contribution is -2.25. The van der Waals surface area contributed by atoms with Crippen molar-refractivity contribution in [3.05, 3.63) is 30.6 Å². The lowest BCUT2D eigenvalue weighted by atomic mass is 10.2. The van der Waals surface area contributed by atoms with Crippen LogP contribution < -0.4 is 4.90 Å². The van der Waals surface area contributed by atoms with Crippen LogP contribution in [0.4, 0.5) is 16.5 Å². The monoisotopic (exact) mass is 371 g/mol. The Balaban J connectivity index is 1.89. The molecule has 1 N–H and O–H groups in total. The molecule has 0 aliphatic carbocycles. The van der Waals surface area contributed by atoms with Crippen LogP contribution >= 0.6 is 11.5 Å². The highest BCUT2D eigenvalue weighted by Crippen LogP contribution is 2.22. The van der Waals surface area contributed by atoms with E-state index in [2.05, 4.69) is 28.7 Å². The molecule has 0 radical (unpaired) electrons. The minimum atomic E-state index is -4.37. The van der Waals surface area contributed by atoms with Gasteiger partial charge >= 0.3 is 10.4 Å². The van der Waals surface area contributed by atoms with Crippen LogP contribution in [0, 0.1) is 0 Å². The molecule has 0 saturated carbocycles. The van der Waals surface area contributed by atoms with Crippen molar-refractivity contribution < 1.29 is 17.2 Å². The average Bonchev–Trinajstić information content (AvgIpc) is 3.06. The second-order valence-electron chi connectivity index (χ2n) is 4.62. The Labute approximate surface area is 144 Å². The van der Waals surface area contributed by atoms with Gasteiger partial charge in [-0.2, -0.15) is 12.8 Å². The molecule has 0 amide bonds. The van der Waals surface area contributed by atoms with Gasteiger partial charge in [-0.05, 0) is 37.6 Å². The minimum absolute atomic E-state index is 0.0660. The first-order valence-corrected chi connectivity index (χ1v) is 9.27. The van der Waals surface area contributed by atoms with Gasteiger partial charge in [-0.25, -0.2) is 9.17 Å². The predicted octanol–water partition coefficient (Wildman–Crippen LogP) is 2.99.